The number of allylic oxidation sites excluding steroid dienone is 1. The van der Waals surface area contributed by atoms with E-state index in [0.717, 1.165) is 38.0 Å². The van der Waals surface area contributed by atoms with E-state index in [9.17, 15) is 4.79 Å². The molecule has 0 radical (unpaired) electrons. The maximum Gasteiger partial charge on any atom is 0.337 e. The SMILES string of the molecule is C1CCCC1.C=C1CCC2C(C)(CCC3OCOC[C@]32C)C1CCOc1ccc(C(=O)OC)cc1.CC. The quantitative estimate of drug-likeness (QED) is 0.294. The van der Waals surface area contributed by atoms with E-state index < -0.39 is 0 Å². The summed E-state index contributed by atoms with van der Waals surface area (Å²) in [5.41, 5.74) is 2.17. The molecule has 3 saturated carbocycles. The average molecular weight is 515 g/mol. The summed E-state index contributed by atoms with van der Waals surface area (Å²) in [6.07, 6.45) is 13.2. The monoisotopic (exact) mass is 514 g/mol. The second-order valence-corrected chi connectivity index (χ2v) is 11.4. The molecule has 0 bridgehead atoms. The number of benzene rings is 1. The fourth-order valence-electron chi connectivity index (χ4n) is 7.35. The van der Waals surface area contributed by atoms with Gasteiger partial charge in [0.15, 0.2) is 0 Å². The number of rotatable bonds is 5. The molecule has 4 aliphatic rings. The van der Waals surface area contributed by atoms with Crippen molar-refractivity contribution in [3.63, 3.8) is 0 Å². The smallest absolute Gasteiger partial charge is 0.337 e. The van der Waals surface area contributed by atoms with Gasteiger partial charge in [0.2, 0.25) is 0 Å². The summed E-state index contributed by atoms with van der Waals surface area (Å²) >= 11 is 0. The molecule has 37 heavy (non-hydrogen) atoms. The number of esters is 1. The minimum Gasteiger partial charge on any atom is -0.494 e. The topological polar surface area (TPSA) is 54.0 Å². The van der Waals surface area contributed by atoms with Crippen molar-refractivity contribution in [1.82, 2.24) is 0 Å². The molecule has 5 heteroatoms. The van der Waals surface area contributed by atoms with Crippen LogP contribution in [0.5, 0.6) is 5.75 Å². The van der Waals surface area contributed by atoms with Crippen LogP contribution in [0.4, 0.5) is 0 Å². The molecule has 3 aliphatic carbocycles. The summed E-state index contributed by atoms with van der Waals surface area (Å²) < 4.78 is 22.6. The van der Waals surface area contributed by atoms with E-state index in [4.69, 9.17) is 18.9 Å². The number of carbonyl (C=O) groups excluding carboxylic acids is 1. The number of fused-ring (bicyclic) bond motifs is 3. The molecule has 5 nitrogen and oxygen atoms in total. The Balaban J connectivity index is 0.000000478. The molecule has 0 aromatic heterocycles. The number of hydrogen-bond donors (Lipinski definition) is 0. The molecule has 1 saturated heterocycles. The zero-order valence-corrected chi connectivity index (χ0v) is 24.0. The first-order chi connectivity index (χ1) is 17.9. The Hall–Kier alpha value is -1.85. The standard InChI is InChI=1S/C25H34O5.C5H10.C2H6/c1-17-5-10-21-24(2,13-11-22-25(21,3)15-28-16-30-22)20(17)12-14-29-19-8-6-18(7-9-19)23(26)27-4;1-2-4-5-3-1;1-2/h6-9,20-22H,1,5,10-16H2,2-4H3;1-5H2;1-2H3/t20?,21?,22?,24?,25-;;/m0../s1. The highest BCUT2D eigenvalue weighted by atomic mass is 16.7. The summed E-state index contributed by atoms with van der Waals surface area (Å²) in [5, 5.41) is 0. The Bertz CT molecular complexity index is 853. The van der Waals surface area contributed by atoms with Gasteiger partial charge in [0, 0.05) is 5.41 Å². The third-order valence-corrected chi connectivity index (χ3v) is 9.28. The zero-order valence-electron chi connectivity index (χ0n) is 24.0. The fourth-order valence-corrected chi connectivity index (χ4v) is 7.35. The van der Waals surface area contributed by atoms with Gasteiger partial charge in [-0.1, -0.05) is 72.0 Å². The molecule has 4 unspecified atom stereocenters. The van der Waals surface area contributed by atoms with Crippen LogP contribution in [-0.4, -0.2) is 39.2 Å². The maximum absolute atomic E-state index is 11.6. The highest BCUT2D eigenvalue weighted by Crippen LogP contribution is 2.62. The number of carbonyl (C=O) groups is 1. The molecule has 0 N–H and O–H groups in total. The molecule has 1 aliphatic heterocycles. The lowest BCUT2D eigenvalue weighted by molar-refractivity contribution is -0.260. The van der Waals surface area contributed by atoms with E-state index in [0.29, 0.717) is 36.9 Å². The van der Waals surface area contributed by atoms with E-state index in [2.05, 4.69) is 20.4 Å². The lowest BCUT2D eigenvalue weighted by atomic mass is 9.46. The summed E-state index contributed by atoms with van der Waals surface area (Å²) in [4.78, 5) is 11.6. The van der Waals surface area contributed by atoms with Crippen LogP contribution in [0.25, 0.3) is 0 Å². The molecule has 208 valence electrons. The van der Waals surface area contributed by atoms with Gasteiger partial charge in [0.25, 0.3) is 0 Å². The normalized spacial score (nSPS) is 32.5. The zero-order chi connectivity index (χ0) is 26.9. The molecule has 0 amide bonds. The summed E-state index contributed by atoms with van der Waals surface area (Å²) in [5.74, 6) is 1.44. The van der Waals surface area contributed by atoms with Crippen LogP contribution in [0, 0.1) is 22.7 Å². The Labute approximate surface area is 225 Å². The van der Waals surface area contributed by atoms with Crippen molar-refractivity contribution in [2.24, 2.45) is 22.7 Å². The lowest BCUT2D eigenvalue weighted by Crippen LogP contribution is -2.60. The van der Waals surface area contributed by atoms with Crippen molar-refractivity contribution in [3.05, 3.63) is 42.0 Å². The van der Waals surface area contributed by atoms with Crippen molar-refractivity contribution in [2.75, 3.05) is 27.1 Å². The van der Waals surface area contributed by atoms with Crippen molar-refractivity contribution in [2.45, 2.75) is 98.0 Å². The van der Waals surface area contributed by atoms with Crippen LogP contribution in [0.3, 0.4) is 0 Å². The van der Waals surface area contributed by atoms with Gasteiger partial charge in [-0.15, -0.1) is 0 Å². The first-order valence-corrected chi connectivity index (χ1v) is 14.6. The Kier molecular flexibility index (Phi) is 11.1. The molecule has 1 heterocycles. The van der Waals surface area contributed by atoms with Gasteiger partial charge >= 0.3 is 5.97 Å². The number of hydrogen-bond acceptors (Lipinski definition) is 5. The van der Waals surface area contributed by atoms with Crippen LogP contribution in [0.2, 0.25) is 0 Å². The molecule has 1 aromatic carbocycles. The molecule has 4 fully saturated rings. The van der Waals surface area contributed by atoms with Crippen molar-refractivity contribution >= 4 is 5.97 Å². The minimum absolute atomic E-state index is 0.0781. The van der Waals surface area contributed by atoms with Gasteiger partial charge < -0.3 is 18.9 Å². The number of methoxy groups -OCH3 is 1. The van der Waals surface area contributed by atoms with Crippen molar-refractivity contribution in [3.8, 4) is 5.75 Å². The molecular formula is C32H50O5. The third-order valence-electron chi connectivity index (χ3n) is 9.28. The second kappa shape index (κ2) is 13.8. The first kappa shape index (κ1) is 29.7. The number of ether oxygens (including phenoxy) is 4. The molecular weight excluding hydrogens is 464 g/mol. The lowest BCUT2D eigenvalue weighted by Gasteiger charge is -2.62. The van der Waals surface area contributed by atoms with Crippen LogP contribution >= 0.6 is 0 Å². The van der Waals surface area contributed by atoms with Crippen LogP contribution in [0.15, 0.2) is 36.4 Å². The van der Waals surface area contributed by atoms with Gasteiger partial charge in [-0.05, 0) is 73.6 Å². The molecule has 1 aromatic rings. The van der Waals surface area contributed by atoms with Crippen LogP contribution in [-0.2, 0) is 14.2 Å². The summed E-state index contributed by atoms with van der Waals surface area (Å²) in [7, 11) is 1.39. The van der Waals surface area contributed by atoms with Gasteiger partial charge in [-0.25, -0.2) is 4.79 Å². The first-order valence-electron chi connectivity index (χ1n) is 14.6. The fraction of sp³-hybridized carbons (Fsp3) is 0.719. The summed E-state index contributed by atoms with van der Waals surface area (Å²) in [6.45, 7) is 15.1. The molecule has 0 spiro atoms. The Morgan fingerprint density at radius 2 is 1.68 bits per heavy atom. The van der Waals surface area contributed by atoms with E-state index in [1.54, 1.807) is 12.1 Å². The van der Waals surface area contributed by atoms with Crippen LogP contribution < -0.4 is 4.74 Å². The predicted octanol–water partition coefficient (Wildman–Crippen LogP) is 7.98. The highest BCUT2D eigenvalue weighted by molar-refractivity contribution is 5.89. The van der Waals surface area contributed by atoms with E-state index in [-0.39, 0.29) is 16.8 Å². The van der Waals surface area contributed by atoms with Gasteiger partial charge in [-0.2, -0.15) is 0 Å². The van der Waals surface area contributed by atoms with Gasteiger partial charge in [-0.3, -0.25) is 0 Å². The molecule has 5 rings (SSSR count). The van der Waals surface area contributed by atoms with Gasteiger partial charge in [0.1, 0.15) is 12.5 Å². The second-order valence-electron chi connectivity index (χ2n) is 11.4. The predicted molar refractivity (Wildman–Crippen MR) is 149 cm³/mol. The minimum atomic E-state index is -0.334. The maximum atomic E-state index is 11.6. The van der Waals surface area contributed by atoms with E-state index in [1.165, 1.54) is 51.2 Å². The average Bonchev–Trinajstić information content (AvgIpc) is 3.51. The van der Waals surface area contributed by atoms with Crippen molar-refractivity contribution in [1.29, 1.82) is 0 Å². The largest absolute Gasteiger partial charge is 0.494 e. The van der Waals surface area contributed by atoms with Gasteiger partial charge in [0.05, 0.1) is 32.0 Å². The van der Waals surface area contributed by atoms with Crippen LogP contribution in [0.1, 0.15) is 102 Å². The van der Waals surface area contributed by atoms with E-state index in [1.807, 2.05) is 26.0 Å². The third kappa shape index (κ3) is 6.78. The Morgan fingerprint density at radius 3 is 2.30 bits per heavy atom. The highest BCUT2D eigenvalue weighted by Gasteiger charge is 2.59. The molecule has 5 atom stereocenters. The summed E-state index contributed by atoms with van der Waals surface area (Å²) in [6, 6.07) is 7.14. The Morgan fingerprint density at radius 1 is 1.03 bits per heavy atom. The van der Waals surface area contributed by atoms with Crippen molar-refractivity contribution < 1.29 is 23.7 Å². The van der Waals surface area contributed by atoms with E-state index >= 15 is 0 Å².